The first kappa shape index (κ1) is 27.1. The first-order valence-electron chi connectivity index (χ1n) is 15.7. The molecular weight excluding hydrogens is 629 g/mol. The van der Waals surface area contributed by atoms with Gasteiger partial charge in [-0.15, -0.1) is 22.7 Å². The van der Waals surface area contributed by atoms with Crippen molar-refractivity contribution >= 4 is 109 Å². The molecule has 1 aliphatic heterocycles. The largest absolute Gasteiger partial charge is 0.307 e. The fourth-order valence-electron chi connectivity index (χ4n) is 6.99. The van der Waals surface area contributed by atoms with E-state index in [4.69, 9.17) is 0 Å². The number of para-hydroxylation sites is 2. The Morgan fingerprint density at radius 3 is 1.36 bits per heavy atom. The zero-order valence-corrected chi connectivity index (χ0v) is 27.6. The summed E-state index contributed by atoms with van der Waals surface area (Å²) in [5, 5.41) is 9.87. The van der Waals surface area contributed by atoms with Gasteiger partial charge in [0.25, 0.3) is 0 Å². The van der Waals surface area contributed by atoms with Gasteiger partial charge in [-0.1, -0.05) is 121 Å². The van der Waals surface area contributed by atoms with Crippen molar-refractivity contribution < 1.29 is 0 Å². The van der Waals surface area contributed by atoms with Gasteiger partial charge >= 0.3 is 0 Å². The van der Waals surface area contributed by atoms with E-state index in [1.165, 1.54) is 84.3 Å². The molecule has 0 fully saturated rings. The molecule has 2 aromatic heterocycles. The molecule has 0 aliphatic carbocycles. The number of benzene rings is 7. The first-order chi connectivity index (χ1) is 23.3. The average molecular weight is 655 g/mol. The Bertz CT molecular complexity index is 2410. The van der Waals surface area contributed by atoms with E-state index >= 15 is 0 Å². The van der Waals surface area contributed by atoms with Crippen LogP contribution in [0.1, 0.15) is 0 Å². The normalized spacial score (nSPS) is 12.6. The van der Waals surface area contributed by atoms with Crippen LogP contribution in [0, 0.1) is 0 Å². The van der Waals surface area contributed by atoms with Crippen LogP contribution >= 0.6 is 34.4 Å². The Labute approximate surface area is 284 Å². The van der Waals surface area contributed by atoms with Crippen molar-refractivity contribution in [1.82, 2.24) is 0 Å². The van der Waals surface area contributed by atoms with Crippen LogP contribution in [0.5, 0.6) is 0 Å². The summed E-state index contributed by atoms with van der Waals surface area (Å²) in [6, 6.07) is 57.8. The van der Waals surface area contributed by atoms with Gasteiger partial charge < -0.3 is 4.90 Å². The minimum Gasteiger partial charge on any atom is -0.307 e. The van der Waals surface area contributed by atoms with Gasteiger partial charge in [0.15, 0.2) is 0 Å². The van der Waals surface area contributed by atoms with E-state index in [0.29, 0.717) is 0 Å². The molecule has 47 heavy (non-hydrogen) atoms. The summed E-state index contributed by atoms with van der Waals surface area (Å²) in [6.07, 6.45) is 0. The standard InChI is InChI=1S/C42H26N2S3/c1-9-21-35-27(13-1)25-39(46-35)44(40-26-28-14-2-10-22-36(28)47-40)42-31-17-5-3-15-29(31)41(30-16-4-6-18-32(30)42)43-33-19-7-11-23-37(33)45-38-24-12-8-20-34(38)43/h1-26H. The van der Waals surface area contributed by atoms with Crippen LogP contribution in [0.15, 0.2) is 168 Å². The predicted molar refractivity (Wildman–Crippen MR) is 206 cm³/mol. The second kappa shape index (κ2) is 10.7. The van der Waals surface area contributed by atoms with Crippen molar-refractivity contribution in [2.24, 2.45) is 0 Å². The van der Waals surface area contributed by atoms with Gasteiger partial charge in [-0.05, 0) is 59.3 Å². The summed E-state index contributed by atoms with van der Waals surface area (Å²) < 4.78 is 2.58. The highest BCUT2D eigenvalue weighted by Crippen LogP contribution is 2.57. The molecule has 0 saturated heterocycles. The Hall–Kier alpha value is -5.07. The molecule has 222 valence electrons. The molecule has 2 nitrogen and oxygen atoms in total. The zero-order chi connectivity index (χ0) is 30.9. The van der Waals surface area contributed by atoms with Crippen LogP contribution in [0.2, 0.25) is 0 Å². The van der Waals surface area contributed by atoms with Crippen LogP contribution in [0.25, 0.3) is 41.7 Å². The molecule has 0 atom stereocenters. The second-order valence-corrected chi connectivity index (χ2v) is 14.9. The van der Waals surface area contributed by atoms with E-state index in [0.717, 1.165) is 0 Å². The van der Waals surface area contributed by atoms with E-state index in [2.05, 4.69) is 168 Å². The smallest absolute Gasteiger partial charge is 0.102 e. The lowest BCUT2D eigenvalue weighted by Crippen LogP contribution is -2.16. The Morgan fingerprint density at radius 1 is 0.426 bits per heavy atom. The molecule has 5 heteroatoms. The molecule has 3 heterocycles. The first-order valence-corrected chi connectivity index (χ1v) is 18.1. The fourth-order valence-corrected chi connectivity index (χ4v) is 10.3. The van der Waals surface area contributed by atoms with Gasteiger partial charge in [0.2, 0.25) is 0 Å². The highest BCUT2D eigenvalue weighted by atomic mass is 32.2. The summed E-state index contributed by atoms with van der Waals surface area (Å²) in [5.41, 5.74) is 4.86. The third-order valence-electron chi connectivity index (χ3n) is 9.02. The molecular formula is C42H26N2S3. The average Bonchev–Trinajstić information content (AvgIpc) is 3.75. The van der Waals surface area contributed by atoms with Gasteiger partial charge in [-0.3, -0.25) is 4.90 Å². The monoisotopic (exact) mass is 654 g/mol. The SMILES string of the molecule is c1ccc2c(c1)Sc1ccccc1N2c1c2ccccc2c(N(c2cc3ccccc3s2)c2cc3ccccc3s2)c2ccccc12. The van der Waals surface area contributed by atoms with Crippen molar-refractivity contribution in [3.05, 3.63) is 158 Å². The quantitative estimate of drug-likeness (QED) is 0.174. The Kier molecular flexibility index (Phi) is 6.19. The summed E-state index contributed by atoms with van der Waals surface area (Å²) in [6.45, 7) is 0. The maximum atomic E-state index is 2.53. The van der Waals surface area contributed by atoms with Crippen molar-refractivity contribution in [2.75, 3.05) is 9.80 Å². The lowest BCUT2D eigenvalue weighted by atomic mass is 9.96. The number of hydrogen-bond donors (Lipinski definition) is 0. The van der Waals surface area contributed by atoms with E-state index in [1.54, 1.807) is 0 Å². The highest BCUT2D eigenvalue weighted by Gasteiger charge is 2.30. The number of nitrogens with zero attached hydrogens (tertiary/aromatic N) is 2. The third kappa shape index (κ3) is 4.24. The van der Waals surface area contributed by atoms with Gasteiger partial charge in [-0.2, -0.15) is 0 Å². The van der Waals surface area contributed by atoms with Gasteiger partial charge in [-0.25, -0.2) is 0 Å². The second-order valence-electron chi connectivity index (χ2n) is 11.7. The molecule has 0 amide bonds. The molecule has 7 aromatic carbocycles. The molecule has 0 saturated carbocycles. The molecule has 0 radical (unpaired) electrons. The summed E-state index contributed by atoms with van der Waals surface area (Å²) in [4.78, 5) is 7.55. The third-order valence-corrected chi connectivity index (χ3v) is 12.4. The number of fused-ring (bicyclic) bond motifs is 6. The van der Waals surface area contributed by atoms with Gasteiger partial charge in [0, 0.05) is 40.7 Å². The fraction of sp³-hybridized carbons (Fsp3) is 0. The number of thiophene rings is 2. The summed E-state index contributed by atoms with van der Waals surface area (Å²) in [5.74, 6) is 0. The van der Waals surface area contributed by atoms with Crippen LogP contribution in [-0.4, -0.2) is 0 Å². The minimum atomic E-state index is 1.21. The summed E-state index contributed by atoms with van der Waals surface area (Å²) in [7, 11) is 0. The number of hydrogen-bond acceptors (Lipinski definition) is 5. The van der Waals surface area contributed by atoms with Crippen LogP contribution in [0.3, 0.4) is 0 Å². The highest BCUT2D eigenvalue weighted by molar-refractivity contribution is 7.99. The molecule has 9 aromatic rings. The van der Waals surface area contributed by atoms with Crippen molar-refractivity contribution in [2.45, 2.75) is 9.79 Å². The Balaban J connectivity index is 1.33. The zero-order valence-electron chi connectivity index (χ0n) is 25.1. The van der Waals surface area contributed by atoms with Crippen LogP contribution < -0.4 is 9.80 Å². The molecule has 10 rings (SSSR count). The number of rotatable bonds is 4. The topological polar surface area (TPSA) is 6.48 Å². The van der Waals surface area contributed by atoms with Gasteiger partial charge in [0.1, 0.15) is 10.0 Å². The van der Waals surface area contributed by atoms with E-state index in [-0.39, 0.29) is 0 Å². The van der Waals surface area contributed by atoms with Crippen molar-refractivity contribution in [3.63, 3.8) is 0 Å². The predicted octanol–water partition coefficient (Wildman–Crippen LogP) is 13.8. The van der Waals surface area contributed by atoms with Crippen molar-refractivity contribution in [3.8, 4) is 0 Å². The lowest BCUT2D eigenvalue weighted by Gasteiger charge is -2.35. The molecule has 0 N–H and O–H groups in total. The molecule has 0 spiro atoms. The van der Waals surface area contributed by atoms with Crippen LogP contribution in [-0.2, 0) is 0 Å². The number of anilines is 6. The maximum Gasteiger partial charge on any atom is 0.102 e. The van der Waals surface area contributed by atoms with Crippen LogP contribution in [0.4, 0.5) is 32.8 Å². The van der Waals surface area contributed by atoms with E-state index in [9.17, 15) is 0 Å². The van der Waals surface area contributed by atoms with E-state index in [1.807, 2.05) is 34.4 Å². The molecule has 0 unspecified atom stereocenters. The van der Waals surface area contributed by atoms with E-state index < -0.39 is 0 Å². The molecule has 1 aliphatic rings. The minimum absolute atomic E-state index is 1.21. The lowest BCUT2D eigenvalue weighted by molar-refractivity contribution is 1.18. The van der Waals surface area contributed by atoms with Crippen molar-refractivity contribution in [1.29, 1.82) is 0 Å². The maximum absolute atomic E-state index is 2.53. The van der Waals surface area contributed by atoms with Gasteiger partial charge in [0.05, 0.1) is 22.7 Å². The Morgan fingerprint density at radius 2 is 0.851 bits per heavy atom. The summed E-state index contributed by atoms with van der Waals surface area (Å²) >= 11 is 5.56. The molecule has 0 bridgehead atoms.